The molecule has 2 aliphatic rings. The topological polar surface area (TPSA) is 107 Å². The number of halogens is 2. The maximum absolute atomic E-state index is 14.1. The molecular formula is C30H33F2N7O3. The molecule has 12 heteroatoms. The number of fused-ring (bicyclic) bond motifs is 1. The third-order valence-electron chi connectivity index (χ3n) is 7.75. The van der Waals surface area contributed by atoms with Gasteiger partial charge in [0.2, 0.25) is 17.7 Å². The van der Waals surface area contributed by atoms with Crippen LogP contribution in [-0.2, 0) is 16.0 Å². The third kappa shape index (κ3) is 6.33. The zero-order valence-corrected chi connectivity index (χ0v) is 23.2. The van der Waals surface area contributed by atoms with Gasteiger partial charge in [0.25, 0.3) is 6.43 Å². The molecule has 6 rings (SSSR count). The number of benzene rings is 1. The van der Waals surface area contributed by atoms with Crippen molar-refractivity contribution in [3.63, 3.8) is 0 Å². The number of carbonyl (C=O) groups excluding carboxylic acids is 1. The van der Waals surface area contributed by atoms with E-state index in [2.05, 4.69) is 25.3 Å². The summed E-state index contributed by atoms with van der Waals surface area (Å²) in [5.41, 5.74) is 2.07. The van der Waals surface area contributed by atoms with Crippen LogP contribution >= 0.6 is 0 Å². The molecule has 0 radical (unpaired) electrons. The predicted octanol–water partition coefficient (Wildman–Crippen LogP) is 4.28. The molecule has 0 spiro atoms. The van der Waals surface area contributed by atoms with E-state index in [1.54, 1.807) is 42.7 Å². The predicted molar refractivity (Wildman–Crippen MR) is 152 cm³/mol. The first-order valence-corrected chi connectivity index (χ1v) is 14.4. The molecule has 3 aromatic heterocycles. The number of para-hydroxylation sites is 2. The zero-order valence-electron chi connectivity index (χ0n) is 23.2. The van der Waals surface area contributed by atoms with E-state index in [9.17, 15) is 13.6 Å². The van der Waals surface area contributed by atoms with Crippen LogP contribution in [0.2, 0.25) is 0 Å². The minimum absolute atomic E-state index is 0.0581. The molecule has 1 aromatic carbocycles. The Morgan fingerprint density at radius 3 is 2.62 bits per heavy atom. The van der Waals surface area contributed by atoms with Gasteiger partial charge in [-0.3, -0.25) is 14.3 Å². The summed E-state index contributed by atoms with van der Waals surface area (Å²) in [6, 6.07) is 12.5. The second-order valence-electron chi connectivity index (χ2n) is 10.6. The van der Waals surface area contributed by atoms with Gasteiger partial charge in [-0.2, -0.15) is 9.97 Å². The number of hydrogen-bond donors (Lipinski definition) is 1. The lowest BCUT2D eigenvalue weighted by Crippen LogP contribution is -2.38. The monoisotopic (exact) mass is 577 g/mol. The fourth-order valence-corrected chi connectivity index (χ4v) is 5.55. The second kappa shape index (κ2) is 12.8. The Morgan fingerprint density at radius 2 is 1.86 bits per heavy atom. The first-order valence-electron chi connectivity index (χ1n) is 14.4. The van der Waals surface area contributed by atoms with E-state index in [1.807, 2.05) is 17.0 Å². The summed E-state index contributed by atoms with van der Waals surface area (Å²) in [6.45, 7) is 2.77. The number of rotatable bonds is 9. The Bertz CT molecular complexity index is 1500. The van der Waals surface area contributed by atoms with Gasteiger partial charge in [0.05, 0.1) is 24.2 Å². The van der Waals surface area contributed by atoms with Crippen LogP contribution in [-0.4, -0.2) is 69.4 Å². The zero-order chi connectivity index (χ0) is 28.9. The Balaban J connectivity index is 1.17. The highest BCUT2D eigenvalue weighted by Crippen LogP contribution is 2.32. The summed E-state index contributed by atoms with van der Waals surface area (Å²) in [6.07, 6.45) is 4.08. The summed E-state index contributed by atoms with van der Waals surface area (Å²) in [4.78, 5) is 32.4. The van der Waals surface area contributed by atoms with E-state index in [0.29, 0.717) is 81.4 Å². The Kier molecular flexibility index (Phi) is 8.50. The van der Waals surface area contributed by atoms with Crippen molar-refractivity contribution < 1.29 is 23.0 Å². The van der Waals surface area contributed by atoms with Crippen LogP contribution < -0.4 is 15.0 Å². The number of anilines is 1. The molecule has 1 saturated heterocycles. The number of hydrogen-bond acceptors (Lipinski definition) is 8. The molecule has 1 amide bonds. The van der Waals surface area contributed by atoms with Gasteiger partial charge in [0.15, 0.2) is 5.82 Å². The van der Waals surface area contributed by atoms with Gasteiger partial charge >= 0.3 is 0 Å². The van der Waals surface area contributed by atoms with Crippen molar-refractivity contribution in [2.75, 3.05) is 37.7 Å². The fourth-order valence-electron chi connectivity index (χ4n) is 5.55. The molecule has 220 valence electrons. The molecule has 1 aliphatic heterocycles. The van der Waals surface area contributed by atoms with Crippen molar-refractivity contribution in [3.05, 3.63) is 66.2 Å². The second-order valence-corrected chi connectivity index (χ2v) is 10.6. The lowest BCUT2D eigenvalue weighted by atomic mass is 9.86. The number of carbonyl (C=O) groups is 1. The van der Waals surface area contributed by atoms with Crippen molar-refractivity contribution in [1.29, 1.82) is 0 Å². The third-order valence-corrected chi connectivity index (χ3v) is 7.75. The standard InChI is InChI=1S/C30H33F2N7O3/c31-27(32)28-35-23-5-1-2-6-24(23)39(28)25-18-26(37-30(36-25)38-14-16-41-17-15-38)42-22-9-7-21(8-10-22)29(40)34-13-11-20-4-3-12-33-19-20/h1-6,12,18-19,21-22,27H,7-11,13-17H2,(H,34,40). The lowest BCUT2D eigenvalue weighted by Gasteiger charge is -2.29. The van der Waals surface area contributed by atoms with Crippen molar-refractivity contribution in [1.82, 2.24) is 29.8 Å². The minimum atomic E-state index is -2.80. The molecule has 1 N–H and O–H groups in total. The highest BCUT2D eigenvalue weighted by atomic mass is 19.3. The number of pyridine rings is 1. The van der Waals surface area contributed by atoms with Gasteiger partial charge in [-0.05, 0) is 55.9 Å². The molecular weight excluding hydrogens is 544 g/mol. The Morgan fingerprint density at radius 1 is 1.05 bits per heavy atom. The normalized spacial score (nSPS) is 19.3. The summed E-state index contributed by atoms with van der Waals surface area (Å²) < 4.78 is 41.4. The Hall–Kier alpha value is -4.19. The van der Waals surface area contributed by atoms with Crippen LogP contribution in [0, 0.1) is 5.92 Å². The quantitative estimate of drug-likeness (QED) is 0.314. The number of imidazole rings is 1. The van der Waals surface area contributed by atoms with Gasteiger partial charge < -0.3 is 19.7 Å². The highest BCUT2D eigenvalue weighted by molar-refractivity contribution is 5.79. The van der Waals surface area contributed by atoms with Crippen LogP contribution in [0.1, 0.15) is 43.5 Å². The van der Waals surface area contributed by atoms with E-state index in [4.69, 9.17) is 9.47 Å². The number of amides is 1. The lowest BCUT2D eigenvalue weighted by molar-refractivity contribution is -0.126. The molecule has 42 heavy (non-hydrogen) atoms. The number of ether oxygens (including phenoxy) is 2. The van der Waals surface area contributed by atoms with Gasteiger partial charge in [-0.15, -0.1) is 0 Å². The van der Waals surface area contributed by atoms with Crippen LogP contribution in [0.4, 0.5) is 14.7 Å². The van der Waals surface area contributed by atoms with Crippen LogP contribution in [0.5, 0.6) is 5.88 Å². The molecule has 0 atom stereocenters. The largest absolute Gasteiger partial charge is 0.474 e. The number of aromatic nitrogens is 5. The van der Waals surface area contributed by atoms with Gasteiger partial charge in [0.1, 0.15) is 11.9 Å². The summed E-state index contributed by atoms with van der Waals surface area (Å²) in [5.74, 6) is 0.572. The molecule has 1 aliphatic carbocycles. The van der Waals surface area contributed by atoms with Crippen LogP contribution in [0.15, 0.2) is 54.9 Å². The highest BCUT2D eigenvalue weighted by Gasteiger charge is 2.29. The van der Waals surface area contributed by atoms with Crippen LogP contribution in [0.3, 0.4) is 0 Å². The molecule has 1 saturated carbocycles. The number of morpholine rings is 1. The van der Waals surface area contributed by atoms with E-state index in [-0.39, 0.29) is 29.6 Å². The van der Waals surface area contributed by atoms with E-state index >= 15 is 0 Å². The van der Waals surface area contributed by atoms with Gasteiger partial charge in [-0.25, -0.2) is 13.8 Å². The van der Waals surface area contributed by atoms with Crippen molar-refractivity contribution in [2.24, 2.45) is 5.92 Å². The Labute approximate surface area is 242 Å². The maximum atomic E-state index is 14.1. The summed E-state index contributed by atoms with van der Waals surface area (Å²) in [7, 11) is 0. The molecule has 0 unspecified atom stereocenters. The minimum Gasteiger partial charge on any atom is -0.474 e. The van der Waals surface area contributed by atoms with Gasteiger partial charge in [0, 0.05) is 44.0 Å². The SMILES string of the molecule is O=C(NCCc1cccnc1)C1CCC(Oc2cc(-n3c(C(F)F)nc4ccccc43)nc(N3CCOCC3)n2)CC1. The van der Waals surface area contributed by atoms with Gasteiger partial charge in [-0.1, -0.05) is 18.2 Å². The number of nitrogens with one attached hydrogen (secondary N) is 1. The first-order chi connectivity index (χ1) is 20.5. The smallest absolute Gasteiger partial charge is 0.296 e. The molecule has 4 aromatic rings. The fraction of sp³-hybridized carbons (Fsp3) is 0.433. The van der Waals surface area contributed by atoms with Crippen molar-refractivity contribution in [3.8, 4) is 11.7 Å². The van der Waals surface area contributed by atoms with Crippen LogP contribution in [0.25, 0.3) is 16.9 Å². The van der Waals surface area contributed by atoms with E-state index < -0.39 is 6.43 Å². The molecule has 10 nitrogen and oxygen atoms in total. The van der Waals surface area contributed by atoms with Crippen molar-refractivity contribution in [2.45, 2.75) is 44.6 Å². The van der Waals surface area contributed by atoms with E-state index in [1.165, 1.54) is 4.57 Å². The molecule has 2 fully saturated rings. The molecule has 4 heterocycles. The van der Waals surface area contributed by atoms with E-state index in [0.717, 1.165) is 12.0 Å². The average Bonchev–Trinajstić information content (AvgIpc) is 3.42. The average molecular weight is 578 g/mol. The number of nitrogens with zero attached hydrogens (tertiary/aromatic N) is 6. The maximum Gasteiger partial charge on any atom is 0.296 e. The first kappa shape index (κ1) is 28.0. The number of alkyl halides is 2. The van der Waals surface area contributed by atoms with Crippen molar-refractivity contribution >= 4 is 22.9 Å². The molecule has 0 bridgehead atoms. The summed E-state index contributed by atoms with van der Waals surface area (Å²) >= 11 is 0. The summed E-state index contributed by atoms with van der Waals surface area (Å²) in [5, 5.41) is 3.05.